The van der Waals surface area contributed by atoms with Crippen molar-refractivity contribution in [1.82, 2.24) is 0 Å². The van der Waals surface area contributed by atoms with Crippen LogP contribution in [-0.4, -0.2) is 281 Å². The lowest BCUT2D eigenvalue weighted by atomic mass is 9.95. The number of aliphatic hydroxyl groups is 15. The topological polar surface area (TPSA) is 459 Å². The molecule has 0 aliphatic carbocycles. The number of carbonyl (C=O) groups is 1. The van der Waals surface area contributed by atoms with E-state index >= 15 is 0 Å². The molecule has 0 radical (unpaired) electrons. The number of aliphatic hydroxyl groups excluding tert-OH is 15. The van der Waals surface area contributed by atoms with Crippen LogP contribution in [0.1, 0.15) is 6.42 Å². The molecule has 10 unspecified atom stereocenters. The lowest BCUT2D eigenvalue weighted by molar-refractivity contribution is -0.391. The molecule has 0 aromatic carbocycles. The highest BCUT2D eigenvalue weighted by atomic mass is 16.8. The van der Waals surface area contributed by atoms with Gasteiger partial charge < -0.3 is 135 Å². The molecule has 5 rings (SSSR count). The molecular formula is C33H57NO27. The maximum absolute atomic E-state index is 12.2. The minimum Gasteiger partial charge on any atom is -0.479 e. The van der Waals surface area contributed by atoms with Gasteiger partial charge in [-0.1, -0.05) is 0 Å². The third-order valence-electron chi connectivity index (χ3n) is 10.9. The Hall–Kier alpha value is -1.57. The summed E-state index contributed by atoms with van der Waals surface area (Å²) in [6.45, 7) is -3.38. The van der Waals surface area contributed by atoms with Gasteiger partial charge in [-0.3, -0.25) is 0 Å². The van der Waals surface area contributed by atoms with E-state index in [2.05, 4.69) is 0 Å². The van der Waals surface area contributed by atoms with Crippen molar-refractivity contribution in [2.75, 3.05) is 39.6 Å². The SMILES string of the molecule is NCCCO[C@H]1OC(CO)[C@H](O[C@H]2OC(CO)[C@@H](O[C@@H]3OC(CO)[C@@H](O[C@@H]4OC(C(=O)O)[C@@H](O[C@H]5OC(CO)[C@H](O)[C@H](O)C5O)[C@H](O)C4O)[C@H](O)C3O)[C@H](O)C2O)[C@H](O)C1O. The maximum atomic E-state index is 12.2. The van der Waals surface area contributed by atoms with E-state index < -0.39 is 186 Å². The summed E-state index contributed by atoms with van der Waals surface area (Å²) in [4.78, 5) is 12.2. The van der Waals surface area contributed by atoms with E-state index in [0.717, 1.165) is 0 Å². The van der Waals surface area contributed by atoms with Gasteiger partial charge in [0.25, 0.3) is 0 Å². The Labute approximate surface area is 345 Å². The number of hydrogen-bond acceptors (Lipinski definition) is 27. The highest BCUT2D eigenvalue weighted by Crippen LogP contribution is 2.35. The van der Waals surface area contributed by atoms with Crippen molar-refractivity contribution in [2.45, 2.75) is 160 Å². The van der Waals surface area contributed by atoms with Crippen molar-refractivity contribution in [3.05, 3.63) is 0 Å². The van der Waals surface area contributed by atoms with Gasteiger partial charge in [0.2, 0.25) is 0 Å². The molecule has 0 amide bonds. The molecule has 5 aliphatic heterocycles. The van der Waals surface area contributed by atoms with Crippen LogP contribution in [-0.2, 0) is 52.2 Å². The van der Waals surface area contributed by atoms with Gasteiger partial charge >= 0.3 is 5.97 Å². The van der Waals surface area contributed by atoms with E-state index in [1.807, 2.05) is 0 Å². The lowest BCUT2D eigenvalue weighted by Crippen LogP contribution is -2.68. The third-order valence-corrected chi connectivity index (χ3v) is 10.9. The molecule has 0 spiro atoms. The van der Waals surface area contributed by atoms with Crippen molar-refractivity contribution in [1.29, 1.82) is 0 Å². The standard InChI is InChI=1S/C33H57NO27/c34-2-1-3-52-29-19(46)14(41)23(9(5-36)54-29)57-31-20(47)15(42)24(10(6-37)55-31)58-32-21(48)16(43)25(11(7-38)56-32)59-33-22(49)17(44)26(27(61-33)28(50)51)60-30-18(45)13(40)12(39)8(4-35)53-30/h8-27,29-33,35-49H,1-7,34H2,(H,50,51)/t8?,9?,10?,11?,12-,13-,14+,15+,16+,17+,18?,19?,20?,21?,22?,23-,24+,25+,26-,27?,29-,30+,31+,32-,33+/m0/s1. The van der Waals surface area contributed by atoms with E-state index in [-0.39, 0.29) is 13.2 Å². The Morgan fingerprint density at radius 2 is 0.754 bits per heavy atom. The number of nitrogens with two attached hydrogens (primary N) is 1. The Morgan fingerprint density at radius 1 is 0.426 bits per heavy atom. The van der Waals surface area contributed by atoms with Crippen LogP contribution in [0.15, 0.2) is 0 Å². The molecule has 0 aromatic heterocycles. The predicted molar refractivity (Wildman–Crippen MR) is 184 cm³/mol. The zero-order valence-corrected chi connectivity index (χ0v) is 32.1. The van der Waals surface area contributed by atoms with Crippen molar-refractivity contribution < 1.29 is 134 Å². The van der Waals surface area contributed by atoms with Crippen LogP contribution in [0.3, 0.4) is 0 Å². The second-order valence-electron chi connectivity index (χ2n) is 15.0. The molecule has 356 valence electrons. The minimum atomic E-state index is -2.25. The summed E-state index contributed by atoms with van der Waals surface area (Å²) in [6, 6.07) is 0. The Morgan fingerprint density at radius 3 is 1.15 bits per heavy atom. The average Bonchev–Trinajstić information content (AvgIpc) is 3.24. The van der Waals surface area contributed by atoms with E-state index in [1.54, 1.807) is 0 Å². The Kier molecular flexibility index (Phi) is 18.3. The number of rotatable bonds is 17. The smallest absolute Gasteiger partial charge is 0.335 e. The van der Waals surface area contributed by atoms with Gasteiger partial charge in [-0.05, 0) is 13.0 Å². The van der Waals surface area contributed by atoms with Crippen LogP contribution in [0.4, 0.5) is 0 Å². The monoisotopic (exact) mass is 899 g/mol. The molecule has 0 saturated carbocycles. The molecule has 5 heterocycles. The van der Waals surface area contributed by atoms with Crippen LogP contribution in [0.2, 0.25) is 0 Å². The molecule has 0 aromatic rings. The van der Waals surface area contributed by atoms with Gasteiger partial charge in [-0.2, -0.15) is 0 Å². The summed E-state index contributed by atoms with van der Waals surface area (Å²) < 4.78 is 54.7. The molecule has 0 bridgehead atoms. The second kappa shape index (κ2) is 22.1. The number of ether oxygens (including phenoxy) is 10. The second-order valence-corrected chi connectivity index (χ2v) is 15.0. The summed E-state index contributed by atoms with van der Waals surface area (Å²) in [5, 5.41) is 168. The molecular weight excluding hydrogens is 842 g/mol. The highest BCUT2D eigenvalue weighted by Gasteiger charge is 2.57. The normalized spacial score (nSPS) is 49.7. The summed E-state index contributed by atoms with van der Waals surface area (Å²) in [6.07, 6.45) is -47.2. The van der Waals surface area contributed by atoms with Crippen molar-refractivity contribution in [3.63, 3.8) is 0 Å². The number of aliphatic carboxylic acids is 1. The van der Waals surface area contributed by atoms with Gasteiger partial charge in [-0.25, -0.2) is 4.79 Å². The summed E-state index contributed by atoms with van der Waals surface area (Å²) >= 11 is 0. The molecule has 28 heteroatoms. The largest absolute Gasteiger partial charge is 0.479 e. The van der Waals surface area contributed by atoms with Gasteiger partial charge in [0.1, 0.15) is 116 Å². The van der Waals surface area contributed by atoms with Gasteiger partial charge in [-0.15, -0.1) is 0 Å². The Bertz CT molecular complexity index is 1350. The quantitative estimate of drug-likeness (QED) is 0.0603. The summed E-state index contributed by atoms with van der Waals surface area (Å²) in [5.74, 6) is -1.84. The third kappa shape index (κ3) is 10.8. The molecule has 5 fully saturated rings. The van der Waals surface area contributed by atoms with Crippen LogP contribution in [0.25, 0.3) is 0 Å². The first-order valence-electron chi connectivity index (χ1n) is 19.3. The van der Waals surface area contributed by atoms with Crippen LogP contribution in [0.5, 0.6) is 0 Å². The summed E-state index contributed by atoms with van der Waals surface area (Å²) in [5.41, 5.74) is 5.43. The highest BCUT2D eigenvalue weighted by molar-refractivity contribution is 5.73. The van der Waals surface area contributed by atoms with Crippen molar-refractivity contribution >= 4 is 5.97 Å². The van der Waals surface area contributed by atoms with E-state index in [0.29, 0.717) is 6.42 Å². The predicted octanol–water partition coefficient (Wildman–Crippen LogP) is -11.5. The lowest BCUT2D eigenvalue weighted by Gasteiger charge is -2.49. The average molecular weight is 900 g/mol. The van der Waals surface area contributed by atoms with Crippen molar-refractivity contribution in [2.24, 2.45) is 5.73 Å². The van der Waals surface area contributed by atoms with Gasteiger partial charge in [0.05, 0.1) is 33.0 Å². The van der Waals surface area contributed by atoms with Crippen LogP contribution >= 0.6 is 0 Å². The van der Waals surface area contributed by atoms with E-state index in [1.165, 1.54) is 0 Å². The fraction of sp³-hybridized carbons (Fsp3) is 0.970. The first kappa shape index (κ1) is 50.4. The van der Waals surface area contributed by atoms with Crippen LogP contribution < -0.4 is 5.73 Å². The zero-order valence-electron chi connectivity index (χ0n) is 32.1. The number of carboxylic acid groups (broad SMARTS) is 1. The molecule has 18 N–H and O–H groups in total. The first-order chi connectivity index (χ1) is 28.9. The van der Waals surface area contributed by atoms with Crippen molar-refractivity contribution in [3.8, 4) is 0 Å². The molecule has 28 nitrogen and oxygen atoms in total. The van der Waals surface area contributed by atoms with Gasteiger partial charge in [0, 0.05) is 0 Å². The Balaban J connectivity index is 1.23. The van der Waals surface area contributed by atoms with Gasteiger partial charge in [0.15, 0.2) is 37.6 Å². The van der Waals surface area contributed by atoms with Crippen LogP contribution in [0, 0.1) is 0 Å². The van der Waals surface area contributed by atoms with E-state index in [4.69, 9.17) is 53.1 Å². The first-order valence-corrected chi connectivity index (χ1v) is 19.3. The fourth-order valence-electron chi connectivity index (χ4n) is 7.41. The molecule has 5 saturated heterocycles. The fourth-order valence-corrected chi connectivity index (χ4v) is 7.41. The molecule has 25 atom stereocenters. The summed E-state index contributed by atoms with van der Waals surface area (Å²) in [7, 11) is 0. The maximum Gasteiger partial charge on any atom is 0.335 e. The number of carboxylic acids is 1. The molecule has 5 aliphatic rings. The zero-order chi connectivity index (χ0) is 45.0. The number of hydrogen-bond donors (Lipinski definition) is 17. The van der Waals surface area contributed by atoms with E-state index in [9.17, 15) is 86.5 Å². The minimum absolute atomic E-state index is 0.0408. The molecule has 61 heavy (non-hydrogen) atoms.